The first-order valence-electron chi connectivity index (χ1n) is 6.49. The first-order chi connectivity index (χ1) is 9.10. The third-order valence-electron chi connectivity index (χ3n) is 3.60. The van der Waals surface area contributed by atoms with Crippen LogP contribution in [0.5, 0.6) is 0 Å². The third-order valence-corrected chi connectivity index (χ3v) is 4.98. The minimum absolute atomic E-state index is 0.118. The second-order valence-corrected chi connectivity index (χ2v) is 6.49. The molecule has 0 aliphatic heterocycles. The van der Waals surface area contributed by atoms with Gasteiger partial charge in [0.15, 0.2) is 0 Å². The van der Waals surface area contributed by atoms with Crippen molar-refractivity contribution < 1.29 is 4.79 Å². The normalized spacial score (nSPS) is 23.1. The molecule has 1 aliphatic carbocycles. The highest BCUT2D eigenvalue weighted by atomic mass is 35.5. The number of thioether (sulfide) groups is 1. The van der Waals surface area contributed by atoms with E-state index in [-0.39, 0.29) is 11.9 Å². The number of amides is 1. The van der Waals surface area contributed by atoms with Crippen molar-refractivity contribution >= 4 is 35.0 Å². The molecule has 0 saturated heterocycles. The van der Waals surface area contributed by atoms with Gasteiger partial charge in [-0.15, -0.1) is 0 Å². The van der Waals surface area contributed by atoms with Gasteiger partial charge in [0.05, 0.1) is 5.56 Å². The number of benzene rings is 1. The molecular formula is C14H19ClN2OS. The topological polar surface area (TPSA) is 55.1 Å². The number of carbonyl (C=O) groups excluding carboxylic acids is 1. The molecule has 0 spiro atoms. The fraction of sp³-hybridized carbons (Fsp3) is 0.500. The number of rotatable bonds is 3. The van der Waals surface area contributed by atoms with Crippen molar-refractivity contribution in [3.05, 3.63) is 28.8 Å². The first kappa shape index (κ1) is 14.5. The van der Waals surface area contributed by atoms with E-state index in [1.54, 1.807) is 18.2 Å². The van der Waals surface area contributed by atoms with Gasteiger partial charge < -0.3 is 11.1 Å². The number of halogens is 1. The zero-order chi connectivity index (χ0) is 13.8. The van der Waals surface area contributed by atoms with Crippen LogP contribution in [0.3, 0.4) is 0 Å². The van der Waals surface area contributed by atoms with Gasteiger partial charge in [-0.2, -0.15) is 11.8 Å². The summed E-state index contributed by atoms with van der Waals surface area (Å²) in [5.41, 5.74) is 6.76. The van der Waals surface area contributed by atoms with Crippen molar-refractivity contribution in [1.82, 2.24) is 5.32 Å². The quantitative estimate of drug-likeness (QED) is 0.842. The van der Waals surface area contributed by atoms with Crippen LogP contribution in [-0.4, -0.2) is 23.5 Å². The SMILES string of the molecule is CSC1CCC(NC(=O)c2cc(Cl)ccc2N)CC1. The first-order valence-corrected chi connectivity index (χ1v) is 8.15. The summed E-state index contributed by atoms with van der Waals surface area (Å²) in [5, 5.41) is 4.33. The highest BCUT2D eigenvalue weighted by Gasteiger charge is 2.22. The van der Waals surface area contributed by atoms with E-state index in [9.17, 15) is 4.79 Å². The molecule has 0 radical (unpaired) electrons. The molecule has 3 N–H and O–H groups in total. The van der Waals surface area contributed by atoms with Crippen molar-refractivity contribution in [2.45, 2.75) is 37.0 Å². The van der Waals surface area contributed by atoms with E-state index in [4.69, 9.17) is 17.3 Å². The number of hydrogen-bond acceptors (Lipinski definition) is 3. The van der Waals surface area contributed by atoms with Gasteiger partial charge in [0.1, 0.15) is 0 Å². The van der Waals surface area contributed by atoms with Gasteiger partial charge in [0, 0.05) is 22.0 Å². The maximum absolute atomic E-state index is 12.2. The molecule has 0 unspecified atom stereocenters. The van der Waals surface area contributed by atoms with Crippen LogP contribution in [0.4, 0.5) is 5.69 Å². The molecule has 3 nitrogen and oxygen atoms in total. The number of nitrogens with two attached hydrogens (primary N) is 1. The predicted octanol–water partition coefficient (Wildman–Crippen LogP) is 3.33. The van der Waals surface area contributed by atoms with Gasteiger partial charge in [0.25, 0.3) is 5.91 Å². The molecule has 1 fully saturated rings. The molecule has 0 atom stereocenters. The summed E-state index contributed by atoms with van der Waals surface area (Å²) in [6.07, 6.45) is 6.56. The van der Waals surface area contributed by atoms with Crippen LogP contribution in [-0.2, 0) is 0 Å². The Kier molecular flexibility index (Phi) is 4.99. The largest absolute Gasteiger partial charge is 0.398 e. The molecule has 2 rings (SSSR count). The molecule has 104 valence electrons. The van der Waals surface area contributed by atoms with E-state index >= 15 is 0 Å². The Morgan fingerprint density at radius 3 is 2.68 bits per heavy atom. The van der Waals surface area contributed by atoms with E-state index in [2.05, 4.69) is 11.6 Å². The van der Waals surface area contributed by atoms with E-state index in [0.717, 1.165) is 30.9 Å². The van der Waals surface area contributed by atoms with E-state index in [1.807, 2.05) is 11.8 Å². The minimum atomic E-state index is -0.118. The van der Waals surface area contributed by atoms with Crippen molar-refractivity contribution in [3.63, 3.8) is 0 Å². The molecule has 1 aromatic carbocycles. The lowest BCUT2D eigenvalue weighted by Gasteiger charge is -2.28. The van der Waals surface area contributed by atoms with Crippen molar-refractivity contribution in [1.29, 1.82) is 0 Å². The number of hydrogen-bond donors (Lipinski definition) is 2. The number of carbonyl (C=O) groups is 1. The van der Waals surface area contributed by atoms with Crippen LogP contribution in [0.15, 0.2) is 18.2 Å². The molecule has 1 aromatic rings. The Balaban J connectivity index is 1.96. The van der Waals surface area contributed by atoms with Crippen molar-refractivity contribution in [2.75, 3.05) is 12.0 Å². The summed E-state index contributed by atoms with van der Waals surface area (Å²) in [7, 11) is 0. The van der Waals surface area contributed by atoms with Crippen LogP contribution in [0, 0.1) is 0 Å². The highest BCUT2D eigenvalue weighted by molar-refractivity contribution is 7.99. The second-order valence-electron chi connectivity index (χ2n) is 4.91. The Hall–Kier alpha value is -0.870. The van der Waals surface area contributed by atoms with Gasteiger partial charge in [0.2, 0.25) is 0 Å². The minimum Gasteiger partial charge on any atom is -0.398 e. The van der Waals surface area contributed by atoms with E-state index in [1.165, 1.54) is 0 Å². The number of nitrogens with one attached hydrogen (secondary N) is 1. The van der Waals surface area contributed by atoms with Crippen LogP contribution in [0.25, 0.3) is 0 Å². The molecule has 0 aromatic heterocycles. The van der Waals surface area contributed by atoms with Gasteiger partial charge in [-0.3, -0.25) is 4.79 Å². The lowest BCUT2D eigenvalue weighted by atomic mass is 9.94. The zero-order valence-corrected chi connectivity index (χ0v) is 12.6. The maximum Gasteiger partial charge on any atom is 0.253 e. The zero-order valence-electron chi connectivity index (χ0n) is 11.0. The smallest absolute Gasteiger partial charge is 0.253 e. The molecule has 1 aliphatic rings. The van der Waals surface area contributed by atoms with E-state index < -0.39 is 0 Å². The fourth-order valence-corrected chi connectivity index (χ4v) is 3.35. The molecule has 0 heterocycles. The summed E-state index contributed by atoms with van der Waals surface area (Å²) in [5.74, 6) is -0.118. The number of nitrogen functional groups attached to an aromatic ring is 1. The highest BCUT2D eigenvalue weighted by Crippen LogP contribution is 2.27. The average molecular weight is 299 g/mol. The second kappa shape index (κ2) is 6.53. The maximum atomic E-state index is 12.2. The fourth-order valence-electron chi connectivity index (χ4n) is 2.43. The van der Waals surface area contributed by atoms with Crippen molar-refractivity contribution in [3.8, 4) is 0 Å². The van der Waals surface area contributed by atoms with Gasteiger partial charge >= 0.3 is 0 Å². The molecular weight excluding hydrogens is 280 g/mol. The summed E-state index contributed by atoms with van der Waals surface area (Å²) < 4.78 is 0. The summed E-state index contributed by atoms with van der Waals surface area (Å²) in [6.45, 7) is 0. The Morgan fingerprint density at radius 1 is 1.37 bits per heavy atom. The lowest BCUT2D eigenvalue weighted by Crippen LogP contribution is -2.38. The van der Waals surface area contributed by atoms with Crippen LogP contribution >= 0.6 is 23.4 Å². The van der Waals surface area contributed by atoms with Crippen LogP contribution < -0.4 is 11.1 Å². The summed E-state index contributed by atoms with van der Waals surface area (Å²) >= 11 is 7.82. The summed E-state index contributed by atoms with van der Waals surface area (Å²) in [4.78, 5) is 12.2. The van der Waals surface area contributed by atoms with Gasteiger partial charge in [-0.05, 0) is 50.1 Å². The molecule has 0 bridgehead atoms. The predicted molar refractivity (Wildman–Crippen MR) is 82.9 cm³/mol. The number of anilines is 1. The van der Waals surface area contributed by atoms with Crippen molar-refractivity contribution in [2.24, 2.45) is 0 Å². The van der Waals surface area contributed by atoms with Crippen LogP contribution in [0.1, 0.15) is 36.0 Å². The third kappa shape index (κ3) is 3.80. The standard InChI is InChI=1S/C14H19ClN2OS/c1-19-11-5-3-10(4-6-11)17-14(18)12-8-9(15)2-7-13(12)16/h2,7-8,10-11H,3-6,16H2,1H3,(H,17,18). The van der Waals surface area contributed by atoms with Gasteiger partial charge in [-0.25, -0.2) is 0 Å². The molecule has 19 heavy (non-hydrogen) atoms. The van der Waals surface area contributed by atoms with Crippen LogP contribution in [0.2, 0.25) is 5.02 Å². The van der Waals surface area contributed by atoms with Gasteiger partial charge in [-0.1, -0.05) is 11.6 Å². The molecule has 1 amide bonds. The molecule has 1 saturated carbocycles. The lowest BCUT2D eigenvalue weighted by molar-refractivity contribution is 0.0929. The average Bonchev–Trinajstić information content (AvgIpc) is 2.42. The Labute approximate surface area is 123 Å². The summed E-state index contributed by atoms with van der Waals surface area (Å²) in [6, 6.07) is 5.24. The Bertz CT molecular complexity index is 459. The monoisotopic (exact) mass is 298 g/mol. The Morgan fingerprint density at radius 2 is 2.05 bits per heavy atom. The van der Waals surface area contributed by atoms with E-state index in [0.29, 0.717) is 16.3 Å². The molecule has 5 heteroatoms.